The Hall–Kier alpha value is -1.12. The SMILES string of the molecule is [CH2+]C1CCC(CC(c2ccccc2)C(F)(F)F)CC1. The third-order valence-corrected chi connectivity index (χ3v) is 4.13. The Morgan fingerprint density at radius 3 is 2.16 bits per heavy atom. The fraction of sp³-hybridized carbons (Fsp3) is 0.562. The molecule has 3 heteroatoms. The molecule has 0 nitrogen and oxygen atoms in total. The van der Waals surface area contributed by atoms with E-state index in [1.807, 2.05) is 0 Å². The van der Waals surface area contributed by atoms with Crippen LogP contribution in [0.5, 0.6) is 0 Å². The number of hydrogen-bond donors (Lipinski definition) is 0. The number of halogens is 3. The highest BCUT2D eigenvalue weighted by Gasteiger charge is 2.42. The molecule has 0 aliphatic heterocycles. The average molecular weight is 269 g/mol. The van der Waals surface area contributed by atoms with E-state index in [4.69, 9.17) is 0 Å². The van der Waals surface area contributed by atoms with Gasteiger partial charge in [0.05, 0.1) is 18.8 Å². The molecular formula is C16H20F3+. The first-order valence-corrected chi connectivity index (χ1v) is 6.91. The van der Waals surface area contributed by atoms with Crippen LogP contribution < -0.4 is 0 Å². The van der Waals surface area contributed by atoms with E-state index in [-0.39, 0.29) is 12.3 Å². The fourth-order valence-corrected chi connectivity index (χ4v) is 2.94. The summed E-state index contributed by atoms with van der Waals surface area (Å²) in [5.41, 5.74) is 0.395. The molecule has 0 bridgehead atoms. The zero-order valence-corrected chi connectivity index (χ0v) is 11.0. The number of benzene rings is 1. The minimum absolute atomic E-state index is 0.185. The summed E-state index contributed by atoms with van der Waals surface area (Å²) < 4.78 is 39.7. The lowest BCUT2D eigenvalue weighted by Crippen LogP contribution is -2.25. The van der Waals surface area contributed by atoms with Crippen LogP contribution >= 0.6 is 0 Å². The third kappa shape index (κ3) is 3.92. The standard InChI is InChI=1S/C16H20F3/c1-12-7-9-13(10-8-12)11-15(16(17,18)19)14-5-3-2-4-6-14/h2-6,12-13,15H,1,7-11H2/q+1. The van der Waals surface area contributed by atoms with Gasteiger partial charge < -0.3 is 0 Å². The molecule has 1 aromatic rings. The first kappa shape index (κ1) is 14.3. The van der Waals surface area contributed by atoms with E-state index in [0.29, 0.717) is 11.5 Å². The maximum absolute atomic E-state index is 13.2. The van der Waals surface area contributed by atoms with Gasteiger partial charge in [-0.15, -0.1) is 0 Å². The highest BCUT2D eigenvalue weighted by Crippen LogP contribution is 2.42. The molecule has 0 aromatic heterocycles. The normalized spacial score (nSPS) is 26.1. The van der Waals surface area contributed by atoms with E-state index in [1.165, 1.54) is 0 Å². The summed E-state index contributed by atoms with van der Waals surface area (Å²) in [6.07, 6.45) is -0.238. The molecule has 0 saturated heterocycles. The van der Waals surface area contributed by atoms with Gasteiger partial charge in [-0.25, -0.2) is 0 Å². The lowest BCUT2D eigenvalue weighted by Gasteiger charge is -2.29. The largest absolute Gasteiger partial charge is 0.395 e. The lowest BCUT2D eigenvalue weighted by atomic mass is 9.77. The van der Waals surface area contributed by atoms with Crippen molar-refractivity contribution in [3.05, 3.63) is 42.8 Å². The van der Waals surface area contributed by atoms with Crippen molar-refractivity contribution >= 4 is 0 Å². The van der Waals surface area contributed by atoms with Crippen LogP contribution in [0, 0.1) is 18.8 Å². The van der Waals surface area contributed by atoms with Crippen molar-refractivity contribution in [3.63, 3.8) is 0 Å². The van der Waals surface area contributed by atoms with E-state index >= 15 is 0 Å². The molecule has 0 heterocycles. The highest BCUT2D eigenvalue weighted by atomic mass is 19.4. The predicted octanol–water partition coefficient (Wildman–Crippen LogP) is 5.36. The molecule has 2 rings (SSSR count). The van der Waals surface area contributed by atoms with Gasteiger partial charge in [0.15, 0.2) is 0 Å². The summed E-state index contributed by atoms with van der Waals surface area (Å²) in [4.78, 5) is 0. The van der Waals surface area contributed by atoms with E-state index in [1.54, 1.807) is 30.3 Å². The van der Waals surface area contributed by atoms with Crippen LogP contribution in [0.3, 0.4) is 0 Å². The second-order valence-corrected chi connectivity index (χ2v) is 5.63. The van der Waals surface area contributed by atoms with Gasteiger partial charge in [-0.1, -0.05) is 30.3 Å². The third-order valence-electron chi connectivity index (χ3n) is 4.13. The number of alkyl halides is 3. The molecule has 1 aliphatic rings. The van der Waals surface area contributed by atoms with Crippen LogP contribution in [0.1, 0.15) is 43.6 Å². The smallest absolute Gasteiger partial charge is 0.170 e. The van der Waals surface area contributed by atoms with Crippen LogP contribution in [0.4, 0.5) is 13.2 Å². The van der Waals surface area contributed by atoms with Crippen molar-refractivity contribution in [3.8, 4) is 0 Å². The minimum atomic E-state index is -4.15. The van der Waals surface area contributed by atoms with Crippen molar-refractivity contribution in [2.24, 2.45) is 11.8 Å². The fourth-order valence-electron chi connectivity index (χ4n) is 2.94. The first-order valence-electron chi connectivity index (χ1n) is 6.91. The maximum Gasteiger partial charge on any atom is 0.395 e. The molecule has 0 radical (unpaired) electrons. The minimum Gasteiger partial charge on any atom is -0.170 e. The lowest BCUT2D eigenvalue weighted by molar-refractivity contribution is -0.155. The Kier molecular flexibility index (Phi) is 4.43. The molecule has 1 atom stereocenters. The zero-order valence-electron chi connectivity index (χ0n) is 11.0. The second kappa shape index (κ2) is 5.89. The van der Waals surface area contributed by atoms with Gasteiger partial charge in [0.1, 0.15) is 0 Å². The topological polar surface area (TPSA) is 0 Å². The van der Waals surface area contributed by atoms with Crippen molar-refractivity contribution in [1.29, 1.82) is 0 Å². The van der Waals surface area contributed by atoms with Crippen LogP contribution in [0.15, 0.2) is 30.3 Å². The summed E-state index contributed by atoms with van der Waals surface area (Å²) in [7, 11) is 0. The molecule has 0 N–H and O–H groups in total. The highest BCUT2D eigenvalue weighted by molar-refractivity contribution is 5.21. The quantitative estimate of drug-likeness (QED) is 0.648. The van der Waals surface area contributed by atoms with Gasteiger partial charge in [-0.2, -0.15) is 13.2 Å². The molecule has 0 amide bonds. The van der Waals surface area contributed by atoms with Crippen molar-refractivity contribution in [2.45, 2.75) is 44.2 Å². The van der Waals surface area contributed by atoms with E-state index in [9.17, 15) is 13.2 Å². The molecule has 1 aromatic carbocycles. The van der Waals surface area contributed by atoms with Gasteiger partial charge in [0.2, 0.25) is 0 Å². The van der Waals surface area contributed by atoms with Crippen molar-refractivity contribution in [2.75, 3.05) is 0 Å². The molecule has 19 heavy (non-hydrogen) atoms. The first-order chi connectivity index (χ1) is 8.97. The summed E-state index contributed by atoms with van der Waals surface area (Å²) in [6.45, 7) is 4.00. The van der Waals surface area contributed by atoms with E-state index < -0.39 is 12.1 Å². The summed E-state index contributed by atoms with van der Waals surface area (Å²) in [5, 5.41) is 0. The Labute approximate surface area is 113 Å². The number of rotatable bonds is 3. The van der Waals surface area contributed by atoms with Gasteiger partial charge in [0.25, 0.3) is 0 Å². The van der Waals surface area contributed by atoms with Crippen LogP contribution in [0.25, 0.3) is 0 Å². The van der Waals surface area contributed by atoms with Crippen LogP contribution in [-0.4, -0.2) is 6.18 Å². The molecule has 1 aliphatic carbocycles. The Morgan fingerprint density at radius 2 is 1.63 bits per heavy atom. The molecule has 1 unspecified atom stereocenters. The van der Waals surface area contributed by atoms with E-state index in [2.05, 4.69) is 6.92 Å². The van der Waals surface area contributed by atoms with Gasteiger partial charge >= 0.3 is 6.18 Å². The maximum atomic E-state index is 13.2. The Bertz CT molecular complexity index is 375. The Morgan fingerprint density at radius 1 is 1.05 bits per heavy atom. The Balaban J connectivity index is 2.07. The van der Waals surface area contributed by atoms with Gasteiger partial charge in [-0.05, 0) is 43.6 Å². The predicted molar refractivity (Wildman–Crippen MR) is 70.7 cm³/mol. The van der Waals surface area contributed by atoms with Crippen LogP contribution in [-0.2, 0) is 0 Å². The van der Waals surface area contributed by atoms with Crippen LogP contribution in [0.2, 0.25) is 0 Å². The molecular weight excluding hydrogens is 249 g/mol. The monoisotopic (exact) mass is 269 g/mol. The summed E-state index contributed by atoms with van der Waals surface area (Å²) in [5.74, 6) is -0.706. The molecule has 1 saturated carbocycles. The zero-order chi connectivity index (χ0) is 13.9. The molecule has 1 fully saturated rings. The average Bonchev–Trinajstić information content (AvgIpc) is 2.37. The summed E-state index contributed by atoms with van der Waals surface area (Å²) in [6, 6.07) is 8.29. The van der Waals surface area contributed by atoms with E-state index in [0.717, 1.165) is 25.7 Å². The van der Waals surface area contributed by atoms with Crippen molar-refractivity contribution < 1.29 is 13.2 Å². The molecule has 0 spiro atoms. The number of hydrogen-bond acceptors (Lipinski definition) is 0. The van der Waals surface area contributed by atoms with Crippen molar-refractivity contribution in [1.82, 2.24) is 0 Å². The molecule has 104 valence electrons. The summed E-state index contributed by atoms with van der Waals surface area (Å²) >= 11 is 0. The second-order valence-electron chi connectivity index (χ2n) is 5.63. The van der Waals surface area contributed by atoms with Gasteiger partial charge in [0, 0.05) is 0 Å². The van der Waals surface area contributed by atoms with Gasteiger partial charge in [-0.3, -0.25) is 0 Å².